The van der Waals surface area contributed by atoms with Gasteiger partial charge in [0.1, 0.15) is 11.5 Å². The van der Waals surface area contributed by atoms with Gasteiger partial charge in [-0.1, -0.05) is 176 Å². The summed E-state index contributed by atoms with van der Waals surface area (Å²) in [5.41, 5.74) is 17.9. The van der Waals surface area contributed by atoms with Crippen LogP contribution < -0.4 is 4.74 Å². The van der Waals surface area contributed by atoms with Gasteiger partial charge < -0.3 is 4.74 Å². The maximum absolute atomic E-state index is 6.56. The lowest BCUT2D eigenvalue weighted by Gasteiger charge is -2.39. The van der Waals surface area contributed by atoms with Crippen LogP contribution >= 0.6 is 0 Å². The molecule has 10 aromatic rings. The first kappa shape index (κ1) is 35.7. The van der Waals surface area contributed by atoms with E-state index in [-0.39, 0.29) is 0 Å². The van der Waals surface area contributed by atoms with Gasteiger partial charge in [-0.05, 0) is 87.0 Å². The molecule has 0 N–H and O–H groups in total. The van der Waals surface area contributed by atoms with Crippen LogP contribution in [0.5, 0.6) is 11.5 Å². The summed E-state index contributed by atoms with van der Waals surface area (Å²) < 4.78 is 6.56. The maximum atomic E-state index is 6.56. The van der Waals surface area contributed by atoms with Gasteiger partial charge in [-0.15, -0.1) is 0 Å². The zero-order chi connectivity index (χ0) is 41.0. The van der Waals surface area contributed by atoms with Gasteiger partial charge in [-0.3, -0.25) is 4.98 Å². The molecule has 12 rings (SSSR count). The summed E-state index contributed by atoms with van der Waals surface area (Å²) in [7, 11) is 0. The topological polar surface area (TPSA) is 47.9 Å². The van der Waals surface area contributed by atoms with E-state index in [4.69, 9.17) is 19.7 Å². The van der Waals surface area contributed by atoms with Crippen molar-refractivity contribution >= 4 is 0 Å². The van der Waals surface area contributed by atoms with Crippen LogP contribution in [0.2, 0.25) is 0 Å². The van der Waals surface area contributed by atoms with E-state index in [1.165, 1.54) is 22.3 Å². The number of fused-ring (bicyclic) bond motifs is 9. The van der Waals surface area contributed by atoms with Gasteiger partial charge in [-0.25, -0.2) is 9.97 Å². The smallest absolute Gasteiger partial charge is 0.160 e. The number of pyridine rings is 1. The number of nitrogens with zero attached hydrogens (tertiary/aromatic N) is 3. The van der Waals surface area contributed by atoms with Gasteiger partial charge in [0.05, 0.1) is 22.5 Å². The van der Waals surface area contributed by atoms with Crippen LogP contribution in [-0.2, 0) is 5.41 Å². The fourth-order valence-electron chi connectivity index (χ4n) is 9.54. The third-order valence-corrected chi connectivity index (χ3v) is 12.4. The standard InChI is InChI=1S/C58H37N3O/c1-3-14-38(15-4-1)39-27-29-40(30-28-39)52-37-53(61-57(60-52)41-16-5-2-6-17-41)46-21-12-20-44(35-46)42-18-11-19-43(34-42)45-31-32-47-51(36-45)58(50-24-13-33-59-56(47)50)48-22-7-9-25-54(48)62-55-26-10-8-23-49(55)58/h1-37H. The predicted octanol–water partition coefficient (Wildman–Crippen LogP) is 14.3. The molecule has 1 aliphatic carbocycles. The first-order valence-corrected chi connectivity index (χ1v) is 21.0. The second kappa shape index (κ2) is 14.5. The molecule has 0 unspecified atom stereocenters. The monoisotopic (exact) mass is 791 g/mol. The van der Waals surface area contributed by atoms with Crippen LogP contribution in [0.3, 0.4) is 0 Å². The second-order valence-electron chi connectivity index (χ2n) is 15.9. The Hall–Kier alpha value is -8.21. The van der Waals surface area contributed by atoms with E-state index in [2.05, 4.69) is 182 Å². The molecule has 4 heteroatoms. The largest absolute Gasteiger partial charge is 0.457 e. The Kier molecular flexibility index (Phi) is 8.36. The SMILES string of the molecule is c1ccc(-c2ccc(-c3cc(-c4cccc(-c5cccc(-c6ccc7c(c6)C6(c8ccccc8Oc8ccccc86)c6cccnc6-7)c5)c4)nc(-c4ccccc4)n3)cc2)cc1. The van der Waals surface area contributed by atoms with Crippen LogP contribution in [0.1, 0.15) is 22.3 Å². The number of hydrogen-bond acceptors (Lipinski definition) is 4. The molecular formula is C58H37N3O. The van der Waals surface area contributed by atoms with Crippen molar-refractivity contribution in [2.45, 2.75) is 5.41 Å². The Morgan fingerprint density at radius 3 is 1.48 bits per heavy atom. The molecule has 0 amide bonds. The summed E-state index contributed by atoms with van der Waals surface area (Å²) in [4.78, 5) is 15.3. The Morgan fingerprint density at radius 2 is 0.806 bits per heavy atom. The fourth-order valence-corrected chi connectivity index (χ4v) is 9.54. The quantitative estimate of drug-likeness (QED) is 0.168. The van der Waals surface area contributed by atoms with E-state index < -0.39 is 5.41 Å². The highest BCUT2D eigenvalue weighted by molar-refractivity contribution is 5.89. The van der Waals surface area contributed by atoms with Crippen LogP contribution in [0.25, 0.3) is 78.5 Å². The van der Waals surface area contributed by atoms with Crippen molar-refractivity contribution in [3.8, 4) is 90.0 Å². The Bertz CT molecular complexity index is 3280. The molecule has 1 spiro atoms. The van der Waals surface area contributed by atoms with Crippen molar-refractivity contribution < 1.29 is 4.74 Å². The van der Waals surface area contributed by atoms with Crippen molar-refractivity contribution in [2.24, 2.45) is 0 Å². The third kappa shape index (κ3) is 5.80. The van der Waals surface area contributed by atoms with Gasteiger partial charge >= 0.3 is 0 Å². The van der Waals surface area contributed by atoms with Gasteiger partial charge in [0.15, 0.2) is 5.82 Å². The molecule has 290 valence electrons. The molecule has 0 radical (unpaired) electrons. The minimum absolute atomic E-state index is 0.578. The van der Waals surface area contributed by atoms with Crippen molar-refractivity contribution in [3.63, 3.8) is 0 Å². The minimum atomic E-state index is -0.578. The third-order valence-electron chi connectivity index (χ3n) is 12.4. The summed E-state index contributed by atoms with van der Waals surface area (Å²) in [6.07, 6.45) is 1.90. The lowest BCUT2D eigenvalue weighted by Crippen LogP contribution is -2.32. The lowest BCUT2D eigenvalue weighted by atomic mass is 9.66. The van der Waals surface area contributed by atoms with E-state index in [1.54, 1.807) is 0 Å². The molecule has 1 aliphatic heterocycles. The van der Waals surface area contributed by atoms with Crippen LogP contribution in [0.4, 0.5) is 0 Å². The molecule has 8 aromatic carbocycles. The molecule has 62 heavy (non-hydrogen) atoms. The number of ether oxygens (including phenoxy) is 1. The molecule has 4 nitrogen and oxygen atoms in total. The molecule has 0 saturated heterocycles. The van der Waals surface area contributed by atoms with Crippen molar-refractivity contribution in [1.82, 2.24) is 15.0 Å². The summed E-state index contributed by atoms with van der Waals surface area (Å²) in [5.74, 6) is 2.43. The Labute approximate surface area is 360 Å². The van der Waals surface area contributed by atoms with E-state index in [1.807, 2.05) is 42.6 Å². The average molecular weight is 792 g/mol. The summed E-state index contributed by atoms with van der Waals surface area (Å²) in [6.45, 7) is 0. The average Bonchev–Trinajstić information content (AvgIpc) is 3.64. The van der Waals surface area contributed by atoms with Crippen LogP contribution in [-0.4, -0.2) is 15.0 Å². The highest BCUT2D eigenvalue weighted by Crippen LogP contribution is 2.62. The lowest BCUT2D eigenvalue weighted by molar-refractivity contribution is 0.436. The number of benzene rings is 8. The molecule has 0 atom stereocenters. The molecule has 0 fully saturated rings. The van der Waals surface area contributed by atoms with Gasteiger partial charge in [0.2, 0.25) is 0 Å². The molecule has 0 saturated carbocycles. The molecule has 2 aromatic heterocycles. The molecule has 0 bridgehead atoms. The summed E-state index contributed by atoms with van der Waals surface area (Å²) in [5, 5.41) is 0. The summed E-state index contributed by atoms with van der Waals surface area (Å²) in [6, 6.07) is 77.1. The van der Waals surface area contributed by atoms with Crippen molar-refractivity contribution in [3.05, 3.63) is 247 Å². The number of hydrogen-bond donors (Lipinski definition) is 0. The second-order valence-corrected chi connectivity index (χ2v) is 15.9. The van der Waals surface area contributed by atoms with E-state index in [0.717, 1.165) is 84.2 Å². The van der Waals surface area contributed by atoms with Gasteiger partial charge in [0.25, 0.3) is 0 Å². The van der Waals surface area contributed by atoms with E-state index >= 15 is 0 Å². The molecule has 2 aliphatic rings. The highest BCUT2D eigenvalue weighted by atomic mass is 16.5. The van der Waals surface area contributed by atoms with Gasteiger partial charge in [0, 0.05) is 39.6 Å². The van der Waals surface area contributed by atoms with E-state index in [0.29, 0.717) is 5.82 Å². The normalized spacial score (nSPS) is 12.8. The van der Waals surface area contributed by atoms with Crippen LogP contribution in [0, 0.1) is 0 Å². The van der Waals surface area contributed by atoms with Crippen molar-refractivity contribution in [1.29, 1.82) is 0 Å². The van der Waals surface area contributed by atoms with Gasteiger partial charge in [-0.2, -0.15) is 0 Å². The number of para-hydroxylation sites is 2. The van der Waals surface area contributed by atoms with E-state index in [9.17, 15) is 0 Å². The van der Waals surface area contributed by atoms with Crippen LogP contribution in [0.15, 0.2) is 225 Å². The number of rotatable bonds is 6. The Balaban J connectivity index is 0.946. The maximum Gasteiger partial charge on any atom is 0.160 e. The highest BCUT2D eigenvalue weighted by Gasteiger charge is 2.51. The number of aromatic nitrogens is 3. The zero-order valence-electron chi connectivity index (χ0n) is 33.6. The Morgan fingerprint density at radius 1 is 0.323 bits per heavy atom. The zero-order valence-corrected chi connectivity index (χ0v) is 33.6. The fraction of sp³-hybridized carbons (Fsp3) is 0.0172. The predicted molar refractivity (Wildman–Crippen MR) is 250 cm³/mol. The molecular weight excluding hydrogens is 755 g/mol. The minimum Gasteiger partial charge on any atom is -0.457 e. The summed E-state index contributed by atoms with van der Waals surface area (Å²) >= 11 is 0. The first-order chi connectivity index (χ1) is 30.7. The first-order valence-electron chi connectivity index (χ1n) is 21.0. The molecule has 3 heterocycles. The van der Waals surface area contributed by atoms with Crippen molar-refractivity contribution in [2.75, 3.05) is 0 Å².